The highest BCUT2D eigenvalue weighted by molar-refractivity contribution is 5.89. The van der Waals surface area contributed by atoms with Gasteiger partial charge in [-0.05, 0) is 0 Å². The van der Waals surface area contributed by atoms with E-state index in [-0.39, 0.29) is 5.97 Å². The summed E-state index contributed by atoms with van der Waals surface area (Å²) in [5, 5.41) is 0. The normalized spacial score (nSPS) is 18.0. The van der Waals surface area contributed by atoms with E-state index in [4.69, 9.17) is 0 Å². The summed E-state index contributed by atoms with van der Waals surface area (Å²) in [4.78, 5) is 10.4. The van der Waals surface area contributed by atoms with Gasteiger partial charge in [0.05, 0.1) is 12.2 Å². The topological polar surface area (TPSA) is 26.3 Å². The molecule has 1 saturated heterocycles. The Morgan fingerprint density at radius 3 is 2.75 bits per heavy atom. The van der Waals surface area contributed by atoms with Gasteiger partial charge in [0.2, 0.25) is 0 Å². The first-order chi connectivity index (χ1) is 3.84. The molecule has 0 radical (unpaired) electrons. The highest BCUT2D eigenvalue weighted by Gasteiger charge is 2.16. The fraction of sp³-hybridized carbons (Fsp3) is 0.333. The van der Waals surface area contributed by atoms with E-state index in [0.29, 0.717) is 18.6 Å². The highest BCUT2D eigenvalue weighted by atomic mass is 16.5. The molecule has 0 saturated carbocycles. The van der Waals surface area contributed by atoms with Crippen LogP contribution in [0.5, 0.6) is 0 Å². The van der Waals surface area contributed by atoms with Gasteiger partial charge in [0.15, 0.2) is 0 Å². The van der Waals surface area contributed by atoms with Crippen molar-refractivity contribution < 1.29 is 9.53 Å². The molecule has 0 bridgehead atoms. The molecule has 0 aliphatic carbocycles. The number of ether oxygens (including phenoxy) is 1. The summed E-state index contributed by atoms with van der Waals surface area (Å²) in [6, 6.07) is 0. The van der Waals surface area contributed by atoms with Crippen LogP contribution in [0.4, 0.5) is 0 Å². The maximum atomic E-state index is 10.4. The van der Waals surface area contributed by atoms with Crippen molar-refractivity contribution in [3.63, 3.8) is 0 Å². The van der Waals surface area contributed by atoms with E-state index < -0.39 is 0 Å². The Hall–Kier alpha value is -1.01. The van der Waals surface area contributed by atoms with E-state index in [1.807, 2.05) is 0 Å². The highest BCUT2D eigenvalue weighted by Crippen LogP contribution is 2.09. The average molecular weight is 110 g/mol. The lowest BCUT2D eigenvalue weighted by atomic mass is 10.2. The Balaban J connectivity index is 2.84. The number of carbonyl (C=O) groups excluding carboxylic acids is 1. The average Bonchev–Trinajstić information content (AvgIpc) is 2.14. The zero-order chi connectivity index (χ0) is 5.98. The van der Waals surface area contributed by atoms with Crippen LogP contribution < -0.4 is 0 Å². The quantitative estimate of drug-likeness (QED) is 0.260. The van der Waals surface area contributed by atoms with E-state index in [9.17, 15) is 4.79 Å². The molecule has 0 amide bonds. The largest absolute Gasteiger partial charge is 0.461 e. The van der Waals surface area contributed by atoms with Crippen molar-refractivity contribution in [2.24, 2.45) is 0 Å². The zero-order valence-electron chi connectivity index (χ0n) is 4.44. The van der Waals surface area contributed by atoms with Gasteiger partial charge in [-0.2, -0.15) is 0 Å². The van der Waals surface area contributed by atoms with Gasteiger partial charge in [-0.1, -0.05) is 6.58 Å². The van der Waals surface area contributed by atoms with Crippen molar-refractivity contribution in [3.8, 4) is 0 Å². The van der Waals surface area contributed by atoms with Crippen molar-refractivity contribution in [3.05, 3.63) is 17.9 Å². The smallest absolute Gasteiger partial charge is 0.341 e. The maximum absolute atomic E-state index is 10.4. The minimum Gasteiger partial charge on any atom is -0.461 e. The van der Waals surface area contributed by atoms with Gasteiger partial charge >= 0.3 is 5.97 Å². The molecule has 0 N–H and O–H groups in total. The summed E-state index contributed by atoms with van der Waals surface area (Å²) in [5.74, 6) is -0.264. The van der Waals surface area contributed by atoms with E-state index in [1.54, 1.807) is 0 Å². The summed E-state index contributed by atoms with van der Waals surface area (Å²) in [5.41, 5.74) is 3.08. The lowest BCUT2D eigenvalue weighted by Gasteiger charge is -1.82. The van der Waals surface area contributed by atoms with Crippen molar-refractivity contribution in [1.82, 2.24) is 0 Å². The first-order valence-corrected chi connectivity index (χ1v) is 2.40. The minimum absolute atomic E-state index is 0.264. The van der Waals surface area contributed by atoms with E-state index in [2.05, 4.69) is 17.0 Å². The molecular weight excluding hydrogens is 104 g/mol. The first-order valence-electron chi connectivity index (χ1n) is 2.40. The van der Waals surface area contributed by atoms with E-state index >= 15 is 0 Å². The SMILES string of the molecule is C=C=C1CCOC1=O. The van der Waals surface area contributed by atoms with Gasteiger partial charge in [-0.3, -0.25) is 0 Å². The number of hydrogen-bond acceptors (Lipinski definition) is 2. The molecule has 0 atom stereocenters. The molecule has 0 unspecified atom stereocenters. The second-order valence-corrected chi connectivity index (χ2v) is 1.54. The molecule has 1 heterocycles. The second-order valence-electron chi connectivity index (χ2n) is 1.54. The fourth-order valence-electron chi connectivity index (χ4n) is 0.596. The molecule has 42 valence electrons. The van der Waals surface area contributed by atoms with Crippen molar-refractivity contribution in [2.45, 2.75) is 6.42 Å². The fourth-order valence-corrected chi connectivity index (χ4v) is 0.596. The maximum Gasteiger partial charge on any atom is 0.341 e. The van der Waals surface area contributed by atoms with Crippen molar-refractivity contribution in [1.29, 1.82) is 0 Å². The zero-order valence-corrected chi connectivity index (χ0v) is 4.44. The Labute approximate surface area is 47.5 Å². The monoisotopic (exact) mass is 110 g/mol. The summed E-state index contributed by atoms with van der Waals surface area (Å²) < 4.78 is 4.58. The van der Waals surface area contributed by atoms with Gasteiger partial charge in [0, 0.05) is 6.42 Å². The third-order valence-electron chi connectivity index (χ3n) is 1.05. The Morgan fingerprint density at radius 2 is 2.50 bits per heavy atom. The third-order valence-corrected chi connectivity index (χ3v) is 1.05. The van der Waals surface area contributed by atoms with Crippen LogP contribution in [-0.2, 0) is 9.53 Å². The molecule has 0 aromatic carbocycles. The summed E-state index contributed by atoms with van der Waals surface area (Å²) in [7, 11) is 0. The van der Waals surface area contributed by atoms with Crippen LogP contribution in [-0.4, -0.2) is 12.6 Å². The predicted octanol–water partition coefficient (Wildman–Crippen LogP) is 0.645. The predicted molar refractivity (Wildman–Crippen MR) is 28.2 cm³/mol. The standard InChI is InChI=1S/C6H6O2/c1-2-5-3-4-8-6(5)7/h1,3-4H2. The number of carbonyl (C=O) groups is 1. The molecule has 1 rings (SSSR count). The van der Waals surface area contributed by atoms with Crippen molar-refractivity contribution in [2.75, 3.05) is 6.61 Å². The van der Waals surface area contributed by atoms with Crippen LogP contribution in [0.25, 0.3) is 0 Å². The Bertz CT molecular complexity index is 163. The van der Waals surface area contributed by atoms with Crippen LogP contribution in [0.15, 0.2) is 17.9 Å². The van der Waals surface area contributed by atoms with Gasteiger partial charge in [0.25, 0.3) is 0 Å². The first kappa shape index (κ1) is 5.13. The number of cyclic esters (lactones) is 1. The lowest BCUT2D eigenvalue weighted by Crippen LogP contribution is -1.92. The molecule has 0 aromatic rings. The lowest BCUT2D eigenvalue weighted by molar-refractivity contribution is -0.135. The molecule has 1 aliphatic heterocycles. The van der Waals surface area contributed by atoms with Gasteiger partial charge in [0.1, 0.15) is 0 Å². The van der Waals surface area contributed by atoms with Crippen molar-refractivity contribution >= 4 is 5.97 Å². The molecule has 2 nitrogen and oxygen atoms in total. The minimum atomic E-state index is -0.264. The molecular formula is C6H6O2. The molecule has 2 heteroatoms. The van der Waals surface area contributed by atoms with E-state index in [0.717, 1.165) is 0 Å². The van der Waals surface area contributed by atoms with Gasteiger partial charge in [-0.25, -0.2) is 4.79 Å². The van der Waals surface area contributed by atoms with Gasteiger partial charge in [-0.15, -0.1) is 5.73 Å². The second kappa shape index (κ2) is 1.85. The molecule has 1 aliphatic rings. The molecule has 0 spiro atoms. The summed E-state index contributed by atoms with van der Waals surface area (Å²) >= 11 is 0. The summed E-state index contributed by atoms with van der Waals surface area (Å²) in [6.45, 7) is 3.83. The summed E-state index contributed by atoms with van der Waals surface area (Å²) in [6.07, 6.45) is 0.669. The Morgan fingerprint density at radius 1 is 1.75 bits per heavy atom. The number of hydrogen-bond donors (Lipinski definition) is 0. The van der Waals surface area contributed by atoms with Crippen LogP contribution in [0.2, 0.25) is 0 Å². The van der Waals surface area contributed by atoms with Crippen LogP contribution in [0, 0.1) is 0 Å². The van der Waals surface area contributed by atoms with E-state index in [1.165, 1.54) is 0 Å². The number of esters is 1. The van der Waals surface area contributed by atoms with Crippen LogP contribution >= 0.6 is 0 Å². The van der Waals surface area contributed by atoms with Crippen LogP contribution in [0.1, 0.15) is 6.42 Å². The van der Waals surface area contributed by atoms with Gasteiger partial charge < -0.3 is 4.74 Å². The molecule has 1 fully saturated rings. The molecule has 8 heavy (non-hydrogen) atoms. The number of rotatable bonds is 0. The Kier molecular flexibility index (Phi) is 1.18. The van der Waals surface area contributed by atoms with Crippen LogP contribution in [0.3, 0.4) is 0 Å². The third kappa shape index (κ3) is 0.658. The molecule has 0 aromatic heterocycles.